The van der Waals surface area contributed by atoms with Crippen LogP contribution in [0.2, 0.25) is 0 Å². The first-order valence-corrected chi connectivity index (χ1v) is 6.22. The van der Waals surface area contributed by atoms with Gasteiger partial charge in [0.25, 0.3) is 0 Å². The SMILES string of the molecule is C=C(CNC(CCO)C(C)C)c1ccccc1. The smallest absolute Gasteiger partial charge is 0.0445 e. The van der Waals surface area contributed by atoms with Crippen LogP contribution in [0.15, 0.2) is 36.9 Å². The molecule has 0 saturated heterocycles. The third-order valence-electron chi connectivity index (χ3n) is 3.00. The molecule has 94 valence electrons. The number of benzene rings is 1. The molecule has 0 radical (unpaired) electrons. The lowest BCUT2D eigenvalue weighted by molar-refractivity contribution is 0.247. The van der Waals surface area contributed by atoms with E-state index >= 15 is 0 Å². The molecule has 0 fully saturated rings. The average Bonchev–Trinajstić information content (AvgIpc) is 2.34. The van der Waals surface area contributed by atoms with Crippen LogP contribution in [0.3, 0.4) is 0 Å². The van der Waals surface area contributed by atoms with E-state index in [1.54, 1.807) is 0 Å². The first kappa shape index (κ1) is 13.9. The zero-order valence-corrected chi connectivity index (χ0v) is 10.8. The first-order valence-electron chi connectivity index (χ1n) is 6.22. The molecular weight excluding hydrogens is 210 g/mol. The van der Waals surface area contributed by atoms with Crippen LogP contribution in [0.5, 0.6) is 0 Å². The number of rotatable bonds is 7. The van der Waals surface area contributed by atoms with Gasteiger partial charge in [0.15, 0.2) is 0 Å². The van der Waals surface area contributed by atoms with Crippen molar-refractivity contribution in [3.8, 4) is 0 Å². The lowest BCUT2D eigenvalue weighted by Crippen LogP contribution is -2.35. The summed E-state index contributed by atoms with van der Waals surface area (Å²) < 4.78 is 0. The Bertz CT molecular complexity index is 332. The number of nitrogens with one attached hydrogen (secondary N) is 1. The van der Waals surface area contributed by atoms with Crippen molar-refractivity contribution in [1.82, 2.24) is 5.32 Å². The minimum Gasteiger partial charge on any atom is -0.396 e. The highest BCUT2D eigenvalue weighted by Gasteiger charge is 2.12. The Balaban J connectivity index is 2.47. The molecule has 2 nitrogen and oxygen atoms in total. The van der Waals surface area contributed by atoms with Gasteiger partial charge in [0.2, 0.25) is 0 Å². The Kier molecular flexibility index (Phi) is 5.95. The summed E-state index contributed by atoms with van der Waals surface area (Å²) in [7, 11) is 0. The molecule has 2 N–H and O–H groups in total. The fourth-order valence-corrected chi connectivity index (χ4v) is 1.84. The molecule has 0 aliphatic heterocycles. The van der Waals surface area contributed by atoms with Crippen molar-refractivity contribution in [2.45, 2.75) is 26.3 Å². The van der Waals surface area contributed by atoms with E-state index < -0.39 is 0 Å². The van der Waals surface area contributed by atoms with Crippen molar-refractivity contribution in [1.29, 1.82) is 0 Å². The molecule has 0 spiro atoms. The van der Waals surface area contributed by atoms with Crippen molar-refractivity contribution in [3.05, 3.63) is 42.5 Å². The first-order chi connectivity index (χ1) is 8.15. The van der Waals surface area contributed by atoms with Gasteiger partial charge in [-0.25, -0.2) is 0 Å². The summed E-state index contributed by atoms with van der Waals surface area (Å²) in [5, 5.41) is 12.5. The lowest BCUT2D eigenvalue weighted by atomic mass is 10.0. The van der Waals surface area contributed by atoms with E-state index in [2.05, 4.69) is 37.9 Å². The maximum atomic E-state index is 9.01. The van der Waals surface area contributed by atoms with Crippen molar-refractivity contribution < 1.29 is 5.11 Å². The number of hydrogen-bond acceptors (Lipinski definition) is 2. The van der Waals surface area contributed by atoms with Gasteiger partial charge in [-0.1, -0.05) is 50.8 Å². The van der Waals surface area contributed by atoms with E-state index in [4.69, 9.17) is 5.11 Å². The van der Waals surface area contributed by atoms with Crippen molar-refractivity contribution in [2.24, 2.45) is 5.92 Å². The van der Waals surface area contributed by atoms with E-state index in [1.807, 2.05) is 18.2 Å². The third kappa shape index (κ3) is 4.72. The molecule has 0 amide bonds. The highest BCUT2D eigenvalue weighted by molar-refractivity contribution is 5.64. The Hall–Kier alpha value is -1.12. The zero-order valence-electron chi connectivity index (χ0n) is 10.8. The third-order valence-corrected chi connectivity index (χ3v) is 3.00. The number of aliphatic hydroxyl groups excluding tert-OH is 1. The van der Waals surface area contributed by atoms with Crippen molar-refractivity contribution >= 4 is 5.57 Å². The molecule has 0 aliphatic rings. The van der Waals surface area contributed by atoms with E-state index in [0.29, 0.717) is 12.0 Å². The molecule has 0 saturated carbocycles. The zero-order chi connectivity index (χ0) is 12.7. The highest BCUT2D eigenvalue weighted by atomic mass is 16.3. The quantitative estimate of drug-likeness (QED) is 0.759. The van der Waals surface area contributed by atoms with E-state index in [-0.39, 0.29) is 6.61 Å². The Morgan fingerprint density at radius 1 is 1.29 bits per heavy atom. The average molecular weight is 233 g/mol. The van der Waals surface area contributed by atoms with Gasteiger partial charge >= 0.3 is 0 Å². The lowest BCUT2D eigenvalue weighted by Gasteiger charge is -2.22. The predicted molar refractivity (Wildman–Crippen MR) is 73.8 cm³/mol. The van der Waals surface area contributed by atoms with Crippen LogP contribution in [0, 0.1) is 5.92 Å². The largest absolute Gasteiger partial charge is 0.396 e. The van der Waals surface area contributed by atoms with Crippen LogP contribution in [0.1, 0.15) is 25.8 Å². The van der Waals surface area contributed by atoms with Crippen LogP contribution >= 0.6 is 0 Å². The van der Waals surface area contributed by atoms with Crippen molar-refractivity contribution in [3.63, 3.8) is 0 Å². The summed E-state index contributed by atoms with van der Waals surface area (Å²) >= 11 is 0. The summed E-state index contributed by atoms with van der Waals surface area (Å²) in [6, 6.07) is 10.5. The molecule has 17 heavy (non-hydrogen) atoms. The predicted octanol–water partition coefficient (Wildman–Crippen LogP) is 2.70. The summed E-state index contributed by atoms with van der Waals surface area (Å²) in [4.78, 5) is 0. The normalized spacial score (nSPS) is 12.7. The second kappa shape index (κ2) is 7.25. The second-order valence-corrected chi connectivity index (χ2v) is 4.71. The minimum absolute atomic E-state index is 0.230. The monoisotopic (exact) mass is 233 g/mol. The van der Waals surface area contributed by atoms with E-state index in [1.165, 1.54) is 5.56 Å². The topological polar surface area (TPSA) is 32.3 Å². The Labute approximate surface area is 104 Å². The molecule has 1 atom stereocenters. The molecule has 1 rings (SSSR count). The Morgan fingerprint density at radius 3 is 2.47 bits per heavy atom. The molecule has 1 unspecified atom stereocenters. The molecule has 0 aromatic heterocycles. The summed E-state index contributed by atoms with van der Waals surface area (Å²) in [6.45, 7) is 9.42. The van der Waals surface area contributed by atoms with Gasteiger partial charge in [0.1, 0.15) is 0 Å². The van der Waals surface area contributed by atoms with Gasteiger partial charge < -0.3 is 10.4 Å². The van der Waals surface area contributed by atoms with Gasteiger partial charge in [0, 0.05) is 19.2 Å². The standard InChI is InChI=1S/C15H23NO/c1-12(2)15(9-10-17)16-11-13(3)14-7-5-4-6-8-14/h4-8,12,15-17H,3,9-11H2,1-2H3. The van der Waals surface area contributed by atoms with Crippen LogP contribution in [-0.4, -0.2) is 24.3 Å². The fraction of sp³-hybridized carbons (Fsp3) is 0.467. The number of hydrogen-bond donors (Lipinski definition) is 2. The summed E-state index contributed by atoms with van der Waals surface area (Å²) in [5.74, 6) is 0.519. The van der Waals surface area contributed by atoms with Gasteiger partial charge in [0.05, 0.1) is 0 Å². The maximum Gasteiger partial charge on any atom is 0.0445 e. The van der Waals surface area contributed by atoms with E-state index in [0.717, 1.165) is 18.5 Å². The molecule has 0 aliphatic carbocycles. The van der Waals surface area contributed by atoms with Crippen molar-refractivity contribution in [2.75, 3.05) is 13.2 Å². The summed E-state index contributed by atoms with van der Waals surface area (Å²) in [5.41, 5.74) is 2.26. The van der Waals surface area contributed by atoms with Crippen LogP contribution < -0.4 is 5.32 Å². The van der Waals surface area contributed by atoms with Crippen LogP contribution in [0.4, 0.5) is 0 Å². The maximum absolute atomic E-state index is 9.01. The van der Waals surface area contributed by atoms with Crippen LogP contribution in [-0.2, 0) is 0 Å². The number of aliphatic hydroxyl groups is 1. The molecule has 2 heteroatoms. The second-order valence-electron chi connectivity index (χ2n) is 4.71. The molecule has 1 aromatic rings. The fourth-order valence-electron chi connectivity index (χ4n) is 1.84. The molecule has 0 heterocycles. The van der Waals surface area contributed by atoms with Gasteiger partial charge in [-0.15, -0.1) is 0 Å². The molecule has 1 aromatic carbocycles. The van der Waals surface area contributed by atoms with Gasteiger partial charge in [-0.05, 0) is 23.5 Å². The molecular formula is C15H23NO. The summed E-state index contributed by atoms with van der Waals surface area (Å²) in [6.07, 6.45) is 0.791. The van der Waals surface area contributed by atoms with Crippen LogP contribution in [0.25, 0.3) is 5.57 Å². The Morgan fingerprint density at radius 2 is 1.94 bits per heavy atom. The minimum atomic E-state index is 0.230. The molecule has 0 bridgehead atoms. The highest BCUT2D eigenvalue weighted by Crippen LogP contribution is 2.12. The van der Waals surface area contributed by atoms with Gasteiger partial charge in [-0.3, -0.25) is 0 Å². The van der Waals surface area contributed by atoms with Gasteiger partial charge in [-0.2, -0.15) is 0 Å². The van der Waals surface area contributed by atoms with E-state index in [9.17, 15) is 0 Å².